The summed E-state index contributed by atoms with van der Waals surface area (Å²) < 4.78 is 1.97. The van der Waals surface area contributed by atoms with Gasteiger partial charge in [-0.3, -0.25) is 0 Å². The number of rotatable bonds is 5. The van der Waals surface area contributed by atoms with Gasteiger partial charge in [-0.1, -0.05) is 0 Å². The van der Waals surface area contributed by atoms with Crippen molar-refractivity contribution >= 4 is 29.0 Å². The molecule has 5 nitrogen and oxygen atoms in total. The Balaban J connectivity index is 2.33. The second-order valence-corrected chi connectivity index (χ2v) is 4.79. The Kier molecular flexibility index (Phi) is 3.73. The second-order valence-electron chi connectivity index (χ2n) is 3.88. The molecule has 0 aliphatic carbocycles. The van der Waals surface area contributed by atoms with E-state index in [2.05, 4.69) is 33.8 Å². The number of aromatic nitrogens is 3. The first-order chi connectivity index (χ1) is 8.24. The number of anilines is 2. The molecule has 1 atom stereocenters. The molecule has 0 radical (unpaired) electrons. The van der Waals surface area contributed by atoms with Gasteiger partial charge in [0.25, 0.3) is 0 Å². The molecule has 0 aliphatic rings. The van der Waals surface area contributed by atoms with Gasteiger partial charge in [0.1, 0.15) is 5.82 Å². The molecule has 2 N–H and O–H groups in total. The van der Waals surface area contributed by atoms with Crippen LogP contribution in [-0.2, 0) is 0 Å². The third-order valence-corrected chi connectivity index (χ3v) is 3.26. The van der Waals surface area contributed by atoms with Gasteiger partial charge >= 0.3 is 0 Å². The van der Waals surface area contributed by atoms with Crippen molar-refractivity contribution in [2.45, 2.75) is 13.0 Å². The fourth-order valence-electron chi connectivity index (χ4n) is 1.67. The summed E-state index contributed by atoms with van der Waals surface area (Å²) in [5, 5.41) is 6.44. The Morgan fingerprint density at radius 3 is 3.06 bits per heavy atom. The van der Waals surface area contributed by atoms with Crippen molar-refractivity contribution in [2.24, 2.45) is 0 Å². The highest BCUT2D eigenvalue weighted by atomic mass is 32.2. The van der Waals surface area contributed by atoms with E-state index in [4.69, 9.17) is 0 Å². The highest BCUT2D eigenvalue weighted by molar-refractivity contribution is 7.98. The smallest absolute Gasteiger partial charge is 0.180 e. The number of hydrogen-bond donors (Lipinski definition) is 2. The first kappa shape index (κ1) is 12.0. The van der Waals surface area contributed by atoms with Crippen molar-refractivity contribution in [3.63, 3.8) is 0 Å². The number of hydrogen-bond acceptors (Lipinski definition) is 5. The van der Waals surface area contributed by atoms with Crippen molar-refractivity contribution in [3.05, 3.63) is 18.6 Å². The summed E-state index contributed by atoms with van der Waals surface area (Å²) in [5.74, 6) is 2.69. The van der Waals surface area contributed by atoms with Crippen LogP contribution in [0.25, 0.3) is 5.65 Å². The summed E-state index contributed by atoms with van der Waals surface area (Å²) in [6, 6.07) is 0.366. The second kappa shape index (κ2) is 5.27. The molecule has 0 aromatic carbocycles. The molecule has 0 saturated heterocycles. The van der Waals surface area contributed by atoms with Crippen LogP contribution in [0.15, 0.2) is 18.6 Å². The Hall–Kier alpha value is -1.43. The van der Waals surface area contributed by atoms with E-state index in [0.29, 0.717) is 6.04 Å². The topological polar surface area (TPSA) is 54.2 Å². The van der Waals surface area contributed by atoms with E-state index in [1.807, 2.05) is 35.6 Å². The highest BCUT2D eigenvalue weighted by Crippen LogP contribution is 2.17. The number of fused-ring (bicyclic) bond motifs is 1. The van der Waals surface area contributed by atoms with E-state index in [-0.39, 0.29) is 0 Å². The van der Waals surface area contributed by atoms with E-state index in [0.717, 1.165) is 23.0 Å². The first-order valence-electron chi connectivity index (χ1n) is 5.51. The number of imidazole rings is 1. The van der Waals surface area contributed by atoms with Crippen molar-refractivity contribution in [3.8, 4) is 0 Å². The lowest BCUT2D eigenvalue weighted by Crippen LogP contribution is -2.19. The monoisotopic (exact) mass is 251 g/mol. The van der Waals surface area contributed by atoms with E-state index in [9.17, 15) is 0 Å². The summed E-state index contributed by atoms with van der Waals surface area (Å²) in [6.45, 7) is 2.14. The maximum atomic E-state index is 4.50. The van der Waals surface area contributed by atoms with E-state index in [1.54, 1.807) is 6.20 Å². The van der Waals surface area contributed by atoms with Crippen LogP contribution in [0, 0.1) is 0 Å². The number of nitrogens with one attached hydrogen (secondary N) is 2. The van der Waals surface area contributed by atoms with Crippen molar-refractivity contribution in [2.75, 3.05) is 29.7 Å². The molecule has 0 saturated carbocycles. The van der Waals surface area contributed by atoms with Crippen LogP contribution in [0.1, 0.15) is 6.92 Å². The molecule has 17 heavy (non-hydrogen) atoms. The predicted octanol–water partition coefficient (Wildman–Crippen LogP) is 1.93. The van der Waals surface area contributed by atoms with Crippen LogP contribution in [-0.4, -0.2) is 39.5 Å². The van der Waals surface area contributed by atoms with Crippen LogP contribution < -0.4 is 10.6 Å². The average molecular weight is 251 g/mol. The van der Waals surface area contributed by atoms with Gasteiger partial charge in [-0.2, -0.15) is 11.8 Å². The Morgan fingerprint density at radius 2 is 2.35 bits per heavy atom. The first-order valence-corrected chi connectivity index (χ1v) is 6.91. The minimum atomic E-state index is 0.366. The van der Waals surface area contributed by atoms with Crippen LogP contribution >= 0.6 is 11.8 Å². The van der Waals surface area contributed by atoms with E-state index < -0.39 is 0 Å². The van der Waals surface area contributed by atoms with Crippen molar-refractivity contribution < 1.29 is 0 Å². The molecule has 0 amide bonds. The number of thioether (sulfide) groups is 1. The van der Waals surface area contributed by atoms with Gasteiger partial charge in [-0.15, -0.1) is 0 Å². The summed E-state index contributed by atoms with van der Waals surface area (Å²) >= 11 is 1.81. The molecule has 0 aliphatic heterocycles. The zero-order chi connectivity index (χ0) is 12.3. The summed E-state index contributed by atoms with van der Waals surface area (Å²) in [4.78, 5) is 8.81. The minimum absolute atomic E-state index is 0.366. The third-order valence-electron chi connectivity index (χ3n) is 2.43. The van der Waals surface area contributed by atoms with E-state index >= 15 is 0 Å². The summed E-state index contributed by atoms with van der Waals surface area (Å²) in [7, 11) is 1.86. The molecule has 0 spiro atoms. The van der Waals surface area contributed by atoms with Gasteiger partial charge in [0.2, 0.25) is 0 Å². The molecule has 2 aromatic heterocycles. The number of nitrogens with zero attached hydrogens (tertiary/aromatic N) is 3. The maximum Gasteiger partial charge on any atom is 0.180 e. The standard InChI is InChI=1S/C11H17N5S/c1-8(7-17-3)14-10-11-13-4-5-16(11)6-9(12-2)15-10/h4-6,8,12H,7H2,1-3H3,(H,14,15). The lowest BCUT2D eigenvalue weighted by Gasteiger charge is -2.14. The normalized spacial score (nSPS) is 12.6. The van der Waals surface area contributed by atoms with Crippen LogP contribution in [0.3, 0.4) is 0 Å². The molecule has 2 aromatic rings. The van der Waals surface area contributed by atoms with Gasteiger partial charge in [0.05, 0.1) is 6.20 Å². The molecule has 2 heterocycles. The van der Waals surface area contributed by atoms with Gasteiger partial charge < -0.3 is 15.0 Å². The van der Waals surface area contributed by atoms with Gasteiger partial charge in [-0.25, -0.2) is 9.97 Å². The quantitative estimate of drug-likeness (QED) is 0.850. The summed E-state index contributed by atoms with van der Waals surface area (Å²) in [5.41, 5.74) is 0.858. The molecule has 0 bridgehead atoms. The van der Waals surface area contributed by atoms with E-state index in [1.165, 1.54) is 0 Å². The van der Waals surface area contributed by atoms with Crippen LogP contribution in [0.5, 0.6) is 0 Å². The fourth-order valence-corrected chi connectivity index (χ4v) is 2.26. The van der Waals surface area contributed by atoms with Gasteiger partial charge in [0.15, 0.2) is 11.5 Å². The van der Waals surface area contributed by atoms with Crippen molar-refractivity contribution in [1.82, 2.24) is 14.4 Å². The molecule has 2 rings (SSSR count). The Bertz CT molecular complexity index is 496. The minimum Gasteiger partial charge on any atom is -0.372 e. The molecule has 6 heteroatoms. The summed E-state index contributed by atoms with van der Waals surface area (Å²) in [6.07, 6.45) is 7.72. The maximum absolute atomic E-state index is 4.50. The average Bonchev–Trinajstić information content (AvgIpc) is 2.77. The van der Waals surface area contributed by atoms with Crippen molar-refractivity contribution in [1.29, 1.82) is 0 Å². The molecular weight excluding hydrogens is 234 g/mol. The Labute approximate surface area is 105 Å². The zero-order valence-electron chi connectivity index (χ0n) is 10.3. The Morgan fingerprint density at radius 1 is 1.53 bits per heavy atom. The van der Waals surface area contributed by atoms with Gasteiger partial charge in [-0.05, 0) is 13.2 Å². The fraction of sp³-hybridized carbons (Fsp3) is 0.455. The molecule has 92 valence electrons. The van der Waals surface area contributed by atoms with Crippen LogP contribution in [0.4, 0.5) is 11.6 Å². The molecule has 1 unspecified atom stereocenters. The molecule has 0 fully saturated rings. The lowest BCUT2D eigenvalue weighted by molar-refractivity contribution is 0.900. The third kappa shape index (κ3) is 2.63. The van der Waals surface area contributed by atoms with Crippen LogP contribution in [0.2, 0.25) is 0 Å². The predicted molar refractivity (Wildman–Crippen MR) is 74.0 cm³/mol. The highest BCUT2D eigenvalue weighted by Gasteiger charge is 2.09. The van der Waals surface area contributed by atoms with Gasteiger partial charge in [0, 0.05) is 31.2 Å². The largest absolute Gasteiger partial charge is 0.372 e. The lowest BCUT2D eigenvalue weighted by atomic mass is 10.4. The SMILES string of the molecule is CNc1cn2ccnc2c(NC(C)CSC)n1. The zero-order valence-corrected chi connectivity index (χ0v) is 11.1. The molecular formula is C11H17N5S.